The summed E-state index contributed by atoms with van der Waals surface area (Å²) >= 11 is 3.44. The van der Waals surface area contributed by atoms with E-state index in [1.807, 2.05) is 12.1 Å². The van der Waals surface area contributed by atoms with Gasteiger partial charge in [0.1, 0.15) is 11.0 Å². The van der Waals surface area contributed by atoms with Crippen LogP contribution in [0.1, 0.15) is 39.2 Å². The van der Waals surface area contributed by atoms with E-state index in [1.54, 1.807) is 30.5 Å². The van der Waals surface area contributed by atoms with Crippen LogP contribution in [0, 0.1) is 23.2 Å². The second-order valence-corrected chi connectivity index (χ2v) is 10.4. The SMILES string of the molecule is C[C@@H]1[C@H]2C[C@@H](C[C@H]1Nc1cnn(CC(=O)N(C)Cc3ccncc3)c(=O)c1Br)C2(C)C. The standard InChI is InChI=1S/C23H30BrN5O2/c1-14-17-9-16(23(17,2)3)10-18(14)27-19-11-26-29(22(31)21(19)24)13-20(30)28(4)12-15-5-7-25-8-6-15/h5-8,11,14,16-18,27H,9-10,12-13H2,1-4H3/t14-,16+,17-,18-/m1/s1. The number of hydrogen-bond donors (Lipinski definition) is 1. The number of carbonyl (C=O) groups is 1. The van der Waals surface area contributed by atoms with E-state index in [0.29, 0.717) is 40.0 Å². The summed E-state index contributed by atoms with van der Waals surface area (Å²) in [6, 6.07) is 4.06. The van der Waals surface area contributed by atoms with Gasteiger partial charge in [0.2, 0.25) is 5.91 Å². The topological polar surface area (TPSA) is 80.1 Å². The van der Waals surface area contributed by atoms with Gasteiger partial charge < -0.3 is 10.2 Å². The zero-order chi connectivity index (χ0) is 22.3. The van der Waals surface area contributed by atoms with Gasteiger partial charge in [-0.1, -0.05) is 20.8 Å². The van der Waals surface area contributed by atoms with Crippen LogP contribution in [0.25, 0.3) is 0 Å². The molecule has 8 heteroatoms. The fourth-order valence-corrected chi connectivity index (χ4v) is 5.74. The van der Waals surface area contributed by atoms with Gasteiger partial charge in [0.05, 0.1) is 11.9 Å². The van der Waals surface area contributed by atoms with Crippen molar-refractivity contribution < 1.29 is 4.79 Å². The molecule has 3 fully saturated rings. The fourth-order valence-electron chi connectivity index (χ4n) is 5.32. The highest BCUT2D eigenvalue weighted by Gasteiger charge is 2.56. The van der Waals surface area contributed by atoms with Crippen LogP contribution < -0.4 is 10.9 Å². The lowest BCUT2D eigenvalue weighted by Crippen LogP contribution is -2.58. The molecule has 2 aromatic rings. The van der Waals surface area contributed by atoms with Crippen LogP contribution in [0.5, 0.6) is 0 Å². The predicted molar refractivity (Wildman–Crippen MR) is 123 cm³/mol. The summed E-state index contributed by atoms with van der Waals surface area (Å²) in [6.45, 7) is 7.41. The van der Waals surface area contributed by atoms with Crippen molar-refractivity contribution in [1.82, 2.24) is 19.7 Å². The van der Waals surface area contributed by atoms with Gasteiger partial charge in [-0.25, -0.2) is 4.68 Å². The Morgan fingerprint density at radius 2 is 2.03 bits per heavy atom. The normalized spacial score (nSPS) is 26.1. The molecule has 0 radical (unpaired) electrons. The van der Waals surface area contributed by atoms with Crippen LogP contribution in [0.15, 0.2) is 40.0 Å². The molecule has 1 N–H and O–H groups in total. The third-order valence-electron chi connectivity index (χ3n) is 7.56. The molecule has 0 saturated heterocycles. The van der Waals surface area contributed by atoms with Crippen molar-refractivity contribution in [3.63, 3.8) is 0 Å². The van der Waals surface area contributed by atoms with Crippen LogP contribution in [-0.4, -0.2) is 38.7 Å². The molecule has 0 aliphatic heterocycles. The van der Waals surface area contributed by atoms with Gasteiger partial charge in [-0.15, -0.1) is 0 Å². The molecule has 2 aromatic heterocycles. The van der Waals surface area contributed by atoms with Gasteiger partial charge in [0.25, 0.3) is 5.56 Å². The van der Waals surface area contributed by atoms with Gasteiger partial charge in [-0.05, 0) is 69.6 Å². The molecule has 31 heavy (non-hydrogen) atoms. The van der Waals surface area contributed by atoms with Crippen molar-refractivity contribution in [1.29, 1.82) is 0 Å². The predicted octanol–water partition coefficient (Wildman–Crippen LogP) is 3.54. The van der Waals surface area contributed by atoms with Gasteiger partial charge in [-0.3, -0.25) is 14.6 Å². The van der Waals surface area contributed by atoms with Crippen LogP contribution in [0.3, 0.4) is 0 Å². The number of aromatic nitrogens is 3. The Hall–Kier alpha value is -2.22. The Labute approximate surface area is 191 Å². The number of pyridine rings is 1. The summed E-state index contributed by atoms with van der Waals surface area (Å²) in [7, 11) is 1.72. The maximum atomic E-state index is 12.8. The molecule has 166 valence electrons. The number of anilines is 1. The lowest BCUT2D eigenvalue weighted by atomic mass is 9.45. The van der Waals surface area contributed by atoms with Crippen molar-refractivity contribution in [2.75, 3.05) is 12.4 Å². The van der Waals surface area contributed by atoms with Crippen LogP contribution >= 0.6 is 15.9 Å². The number of nitrogens with zero attached hydrogens (tertiary/aromatic N) is 4. The second-order valence-electron chi connectivity index (χ2n) is 9.65. The minimum atomic E-state index is -0.301. The van der Waals surface area contributed by atoms with E-state index >= 15 is 0 Å². The molecule has 5 rings (SSSR count). The Morgan fingerprint density at radius 3 is 2.68 bits per heavy atom. The highest BCUT2D eigenvalue weighted by Crippen LogP contribution is 2.61. The Morgan fingerprint density at radius 1 is 1.32 bits per heavy atom. The minimum Gasteiger partial charge on any atom is -0.380 e. The van der Waals surface area contributed by atoms with Crippen molar-refractivity contribution in [2.45, 2.75) is 52.7 Å². The van der Waals surface area contributed by atoms with Gasteiger partial charge >= 0.3 is 0 Å². The van der Waals surface area contributed by atoms with E-state index in [4.69, 9.17) is 0 Å². The van der Waals surface area contributed by atoms with E-state index in [0.717, 1.165) is 17.9 Å². The molecule has 3 aliphatic carbocycles. The summed E-state index contributed by atoms with van der Waals surface area (Å²) in [4.78, 5) is 31.0. The molecule has 7 nitrogen and oxygen atoms in total. The lowest BCUT2D eigenvalue weighted by molar-refractivity contribution is -0.131. The molecule has 0 spiro atoms. The quantitative estimate of drug-likeness (QED) is 0.673. The van der Waals surface area contributed by atoms with Gasteiger partial charge in [0.15, 0.2) is 0 Å². The molecule has 0 aromatic carbocycles. The van der Waals surface area contributed by atoms with E-state index in [1.165, 1.54) is 11.1 Å². The molecular formula is C23H30BrN5O2. The zero-order valence-electron chi connectivity index (χ0n) is 18.5. The van der Waals surface area contributed by atoms with Crippen molar-refractivity contribution >= 4 is 27.5 Å². The molecule has 1 amide bonds. The molecule has 2 bridgehead atoms. The molecule has 4 atom stereocenters. The summed E-state index contributed by atoms with van der Waals surface area (Å²) < 4.78 is 1.64. The van der Waals surface area contributed by atoms with E-state index in [2.05, 4.69) is 52.1 Å². The number of hydrogen-bond acceptors (Lipinski definition) is 5. The minimum absolute atomic E-state index is 0.0997. The highest BCUT2D eigenvalue weighted by molar-refractivity contribution is 9.10. The molecule has 0 unspecified atom stereocenters. The number of amides is 1. The fraction of sp³-hybridized carbons (Fsp3) is 0.565. The summed E-state index contributed by atoms with van der Waals surface area (Å²) in [5.41, 5.74) is 1.80. The summed E-state index contributed by atoms with van der Waals surface area (Å²) in [5, 5.41) is 7.82. The van der Waals surface area contributed by atoms with Crippen molar-refractivity contribution in [2.24, 2.45) is 23.2 Å². The molecule has 2 heterocycles. The van der Waals surface area contributed by atoms with Gasteiger partial charge in [-0.2, -0.15) is 5.10 Å². The van der Waals surface area contributed by atoms with Crippen LogP contribution in [0.4, 0.5) is 5.69 Å². The van der Waals surface area contributed by atoms with E-state index in [-0.39, 0.29) is 18.0 Å². The van der Waals surface area contributed by atoms with Gasteiger partial charge in [0, 0.05) is 32.0 Å². The zero-order valence-corrected chi connectivity index (χ0v) is 20.1. The third-order valence-corrected chi connectivity index (χ3v) is 8.33. The molecule has 3 aliphatic rings. The summed E-state index contributed by atoms with van der Waals surface area (Å²) in [6.07, 6.45) is 7.46. The first-order valence-electron chi connectivity index (χ1n) is 10.8. The maximum Gasteiger partial charge on any atom is 0.283 e. The van der Waals surface area contributed by atoms with E-state index < -0.39 is 0 Å². The number of rotatable bonds is 6. The first kappa shape index (κ1) is 22.0. The van der Waals surface area contributed by atoms with Crippen molar-refractivity contribution in [3.8, 4) is 0 Å². The highest BCUT2D eigenvalue weighted by atomic mass is 79.9. The average Bonchev–Trinajstić information content (AvgIpc) is 2.74. The molecular weight excluding hydrogens is 458 g/mol. The first-order chi connectivity index (χ1) is 14.7. The molecule has 3 saturated carbocycles. The van der Waals surface area contributed by atoms with Crippen LogP contribution in [0.2, 0.25) is 0 Å². The first-order valence-corrected chi connectivity index (χ1v) is 11.6. The Balaban J connectivity index is 1.42. The number of carbonyl (C=O) groups excluding carboxylic acids is 1. The lowest BCUT2D eigenvalue weighted by Gasteiger charge is -2.62. The smallest absolute Gasteiger partial charge is 0.283 e. The van der Waals surface area contributed by atoms with Crippen LogP contribution in [-0.2, 0) is 17.9 Å². The van der Waals surface area contributed by atoms with Crippen molar-refractivity contribution in [3.05, 3.63) is 51.1 Å². The average molecular weight is 488 g/mol. The summed E-state index contributed by atoms with van der Waals surface area (Å²) in [5.74, 6) is 1.80. The number of halogens is 1. The number of likely N-dealkylation sites (N-methyl/N-ethyl adjacent to an activating group) is 1. The number of nitrogens with one attached hydrogen (secondary N) is 1. The third kappa shape index (κ3) is 4.14. The van der Waals surface area contributed by atoms with E-state index in [9.17, 15) is 9.59 Å². The largest absolute Gasteiger partial charge is 0.380 e. The Kier molecular flexibility index (Phi) is 5.94. The second kappa shape index (κ2) is 8.37. The maximum absolute atomic E-state index is 12.8. The monoisotopic (exact) mass is 487 g/mol. The number of fused-ring (bicyclic) bond motifs is 2. The Bertz CT molecular complexity index is 1020.